The number of hydrogen-bond donors (Lipinski definition) is 2. The molecule has 0 aliphatic rings. The average Bonchev–Trinajstić information content (AvgIpc) is 2.27. The number of carbonyl (C=O) groups excluding carboxylic acids is 1. The van der Waals surface area contributed by atoms with E-state index in [9.17, 15) is 13.2 Å². The minimum absolute atomic E-state index is 0.101. The van der Waals surface area contributed by atoms with Gasteiger partial charge in [0.1, 0.15) is 0 Å². The molecule has 17 heavy (non-hydrogen) atoms. The zero-order valence-corrected chi connectivity index (χ0v) is 11.8. The lowest BCUT2D eigenvalue weighted by Gasteiger charge is -2.25. The summed E-state index contributed by atoms with van der Waals surface area (Å²) in [5.74, 6) is -0.299. The third-order valence-electron chi connectivity index (χ3n) is 2.98. The fourth-order valence-electron chi connectivity index (χ4n) is 1.09. The molecule has 0 heterocycles. The van der Waals surface area contributed by atoms with Gasteiger partial charge in [0.15, 0.2) is 0 Å². The summed E-state index contributed by atoms with van der Waals surface area (Å²) >= 11 is 0. The van der Waals surface area contributed by atoms with Crippen molar-refractivity contribution in [3.8, 4) is 0 Å². The molecule has 0 spiro atoms. The van der Waals surface area contributed by atoms with Gasteiger partial charge in [-0.05, 0) is 13.3 Å². The maximum Gasteiger partial charge on any atom is 0.227 e. The second-order valence-electron chi connectivity index (χ2n) is 4.47. The van der Waals surface area contributed by atoms with Crippen molar-refractivity contribution in [3.05, 3.63) is 0 Å². The van der Waals surface area contributed by atoms with Gasteiger partial charge in [0.05, 0.1) is 11.2 Å². The number of nitrogens with zero attached hydrogens (tertiary/aromatic N) is 1. The smallest absolute Gasteiger partial charge is 0.227 e. The van der Waals surface area contributed by atoms with Crippen LogP contribution in [0.4, 0.5) is 0 Å². The van der Waals surface area contributed by atoms with Crippen molar-refractivity contribution in [3.63, 3.8) is 0 Å². The molecule has 1 unspecified atom stereocenters. The summed E-state index contributed by atoms with van der Waals surface area (Å²) in [5, 5.41) is 2.61. The van der Waals surface area contributed by atoms with E-state index in [0.29, 0.717) is 6.42 Å². The minimum Gasteiger partial charge on any atom is -0.355 e. The van der Waals surface area contributed by atoms with E-state index in [1.165, 1.54) is 14.1 Å². The van der Waals surface area contributed by atoms with E-state index >= 15 is 0 Å². The molecule has 0 aromatic heterocycles. The Kier molecular flexibility index (Phi) is 6.08. The highest BCUT2D eigenvalue weighted by atomic mass is 32.2. The average molecular weight is 265 g/mol. The lowest BCUT2D eigenvalue weighted by molar-refractivity contribution is -0.129. The van der Waals surface area contributed by atoms with Gasteiger partial charge in [-0.15, -0.1) is 0 Å². The van der Waals surface area contributed by atoms with Crippen LogP contribution in [-0.4, -0.2) is 51.6 Å². The van der Waals surface area contributed by atoms with Gasteiger partial charge in [-0.1, -0.05) is 6.92 Å². The zero-order chi connectivity index (χ0) is 13.7. The summed E-state index contributed by atoms with van der Waals surface area (Å²) in [7, 11) is -0.334. The SMILES string of the molecule is CCC(C)(CN)C(=O)NCCS(=O)(=O)N(C)C. The molecule has 3 N–H and O–H groups in total. The van der Waals surface area contributed by atoms with Gasteiger partial charge in [0.25, 0.3) is 0 Å². The van der Waals surface area contributed by atoms with Crippen molar-refractivity contribution >= 4 is 15.9 Å². The second-order valence-corrected chi connectivity index (χ2v) is 6.78. The predicted molar refractivity (Wildman–Crippen MR) is 67.9 cm³/mol. The van der Waals surface area contributed by atoms with Crippen molar-refractivity contribution in [1.82, 2.24) is 9.62 Å². The summed E-state index contributed by atoms with van der Waals surface area (Å²) in [5.41, 5.74) is 4.91. The summed E-state index contributed by atoms with van der Waals surface area (Å²) < 4.78 is 24.0. The predicted octanol–water partition coefficient (Wildman–Crippen LogP) is -0.631. The lowest BCUT2D eigenvalue weighted by atomic mass is 9.87. The van der Waals surface area contributed by atoms with Gasteiger partial charge in [0, 0.05) is 27.2 Å². The Morgan fingerprint density at radius 1 is 1.41 bits per heavy atom. The Balaban J connectivity index is 4.29. The van der Waals surface area contributed by atoms with Gasteiger partial charge in [0.2, 0.25) is 15.9 Å². The number of hydrogen-bond acceptors (Lipinski definition) is 4. The second kappa shape index (κ2) is 6.32. The molecular formula is C10H23N3O3S. The number of rotatable bonds is 7. The molecule has 0 bridgehead atoms. The van der Waals surface area contributed by atoms with Gasteiger partial charge in [-0.25, -0.2) is 12.7 Å². The highest BCUT2D eigenvalue weighted by Crippen LogP contribution is 2.18. The Morgan fingerprint density at radius 2 is 1.94 bits per heavy atom. The third kappa shape index (κ3) is 4.61. The van der Waals surface area contributed by atoms with Crippen LogP contribution in [0.15, 0.2) is 0 Å². The van der Waals surface area contributed by atoms with Gasteiger partial charge >= 0.3 is 0 Å². The standard InChI is InChI=1S/C10H23N3O3S/c1-5-10(2,8-11)9(14)12-6-7-17(15,16)13(3)4/h5-8,11H2,1-4H3,(H,12,14). The van der Waals surface area contributed by atoms with Crippen molar-refractivity contribution in [2.75, 3.05) is 32.9 Å². The monoisotopic (exact) mass is 265 g/mol. The summed E-state index contributed by atoms with van der Waals surface area (Å²) in [6, 6.07) is 0. The maximum atomic E-state index is 11.8. The van der Waals surface area contributed by atoms with Crippen LogP contribution in [-0.2, 0) is 14.8 Å². The quantitative estimate of drug-likeness (QED) is 0.641. The normalized spacial score (nSPS) is 15.6. The summed E-state index contributed by atoms with van der Waals surface area (Å²) in [6.45, 7) is 4.00. The van der Waals surface area contributed by atoms with Crippen molar-refractivity contribution < 1.29 is 13.2 Å². The maximum absolute atomic E-state index is 11.8. The molecule has 0 aromatic carbocycles. The molecule has 0 rings (SSSR count). The summed E-state index contributed by atoms with van der Waals surface area (Å²) in [4.78, 5) is 11.8. The topological polar surface area (TPSA) is 92.5 Å². The Bertz CT molecular complexity index is 348. The molecule has 7 heteroatoms. The first kappa shape index (κ1) is 16.3. The molecule has 0 saturated carbocycles. The highest BCUT2D eigenvalue weighted by molar-refractivity contribution is 7.89. The molecule has 0 aliphatic carbocycles. The van der Waals surface area contributed by atoms with Crippen LogP contribution in [0, 0.1) is 5.41 Å². The fourth-order valence-corrected chi connectivity index (χ4v) is 1.81. The van der Waals surface area contributed by atoms with Crippen LogP contribution < -0.4 is 11.1 Å². The van der Waals surface area contributed by atoms with Gasteiger partial charge < -0.3 is 11.1 Å². The Labute approximate surface area is 104 Å². The number of amides is 1. The minimum atomic E-state index is -3.27. The van der Waals surface area contributed by atoms with E-state index in [4.69, 9.17) is 5.73 Å². The Morgan fingerprint density at radius 3 is 2.29 bits per heavy atom. The first-order valence-electron chi connectivity index (χ1n) is 5.58. The molecule has 6 nitrogen and oxygen atoms in total. The van der Waals surface area contributed by atoms with Gasteiger partial charge in [-0.2, -0.15) is 0 Å². The molecular weight excluding hydrogens is 242 g/mol. The van der Waals surface area contributed by atoms with Crippen LogP contribution in [0.2, 0.25) is 0 Å². The first-order chi connectivity index (χ1) is 7.69. The molecule has 102 valence electrons. The Hall–Kier alpha value is -0.660. The molecule has 0 aromatic rings. The summed E-state index contributed by atoms with van der Waals surface area (Å²) in [6.07, 6.45) is 0.621. The lowest BCUT2D eigenvalue weighted by Crippen LogP contribution is -2.45. The highest BCUT2D eigenvalue weighted by Gasteiger charge is 2.29. The van der Waals surface area contributed by atoms with Crippen LogP contribution in [0.5, 0.6) is 0 Å². The van der Waals surface area contributed by atoms with E-state index in [2.05, 4.69) is 5.32 Å². The van der Waals surface area contributed by atoms with E-state index in [-0.39, 0.29) is 24.7 Å². The van der Waals surface area contributed by atoms with Crippen molar-refractivity contribution in [2.45, 2.75) is 20.3 Å². The first-order valence-corrected chi connectivity index (χ1v) is 7.19. The van der Waals surface area contributed by atoms with Gasteiger partial charge in [-0.3, -0.25) is 4.79 Å². The molecule has 0 saturated heterocycles. The van der Waals surface area contributed by atoms with E-state index in [1.807, 2.05) is 6.92 Å². The van der Waals surface area contributed by atoms with E-state index in [1.54, 1.807) is 6.92 Å². The number of nitrogens with one attached hydrogen (secondary N) is 1. The third-order valence-corrected chi connectivity index (χ3v) is 4.81. The fraction of sp³-hybridized carbons (Fsp3) is 0.900. The van der Waals surface area contributed by atoms with Crippen molar-refractivity contribution in [1.29, 1.82) is 0 Å². The van der Waals surface area contributed by atoms with Crippen molar-refractivity contribution in [2.24, 2.45) is 11.1 Å². The van der Waals surface area contributed by atoms with E-state index < -0.39 is 15.4 Å². The van der Waals surface area contributed by atoms with Crippen LogP contribution in [0.25, 0.3) is 0 Å². The molecule has 1 amide bonds. The van der Waals surface area contributed by atoms with Crippen LogP contribution in [0.3, 0.4) is 0 Å². The zero-order valence-electron chi connectivity index (χ0n) is 11.0. The molecule has 0 fully saturated rings. The molecule has 0 aliphatic heterocycles. The number of carbonyl (C=O) groups is 1. The number of sulfonamides is 1. The largest absolute Gasteiger partial charge is 0.355 e. The van der Waals surface area contributed by atoms with E-state index in [0.717, 1.165) is 4.31 Å². The van der Waals surface area contributed by atoms with Crippen LogP contribution in [0.1, 0.15) is 20.3 Å². The number of nitrogens with two attached hydrogens (primary N) is 1. The molecule has 1 atom stereocenters. The van der Waals surface area contributed by atoms with Crippen LogP contribution >= 0.6 is 0 Å². The molecule has 0 radical (unpaired) electrons.